The fourth-order valence-corrected chi connectivity index (χ4v) is 5.06. The monoisotopic (exact) mass is 400 g/mol. The van der Waals surface area contributed by atoms with Crippen molar-refractivity contribution >= 4 is 29.3 Å². The van der Waals surface area contributed by atoms with Gasteiger partial charge in [0.25, 0.3) is 0 Å². The maximum atomic E-state index is 14.3. The fourth-order valence-electron chi connectivity index (χ4n) is 3.58. The number of carbonyl (C=O) groups excluding carboxylic acids is 1. The third kappa shape index (κ3) is 2.83. The molecule has 0 aromatic heterocycles. The zero-order chi connectivity index (χ0) is 19.2. The van der Waals surface area contributed by atoms with Crippen molar-refractivity contribution in [3.8, 4) is 6.07 Å². The van der Waals surface area contributed by atoms with Crippen molar-refractivity contribution in [1.29, 1.82) is 5.26 Å². The van der Waals surface area contributed by atoms with E-state index >= 15 is 0 Å². The summed E-state index contributed by atoms with van der Waals surface area (Å²) < 4.78 is 14.3. The van der Waals surface area contributed by atoms with Gasteiger partial charge in [-0.3, -0.25) is 9.69 Å². The van der Waals surface area contributed by atoms with Gasteiger partial charge in [0.15, 0.2) is 5.72 Å². The summed E-state index contributed by atoms with van der Waals surface area (Å²) in [5, 5.41) is 21.9. The number of amides is 1. The average molecular weight is 401 g/mol. The molecule has 2 aliphatic heterocycles. The van der Waals surface area contributed by atoms with Crippen molar-refractivity contribution in [2.24, 2.45) is 0 Å². The van der Waals surface area contributed by atoms with Gasteiger partial charge in [0.1, 0.15) is 5.82 Å². The lowest BCUT2D eigenvalue weighted by molar-refractivity contribution is -0.149. The maximum absolute atomic E-state index is 14.3. The molecule has 1 N–H and O–H groups in total. The zero-order valence-electron chi connectivity index (χ0n) is 14.0. The number of halogens is 2. The minimum Gasteiger partial charge on any atom is -0.366 e. The first kappa shape index (κ1) is 18.1. The van der Waals surface area contributed by atoms with Crippen LogP contribution in [0, 0.1) is 17.1 Å². The van der Waals surface area contributed by atoms with E-state index in [-0.39, 0.29) is 18.1 Å². The van der Waals surface area contributed by atoms with Crippen molar-refractivity contribution < 1.29 is 14.3 Å². The van der Waals surface area contributed by atoms with Gasteiger partial charge >= 0.3 is 0 Å². The Kier molecular flexibility index (Phi) is 4.47. The van der Waals surface area contributed by atoms with Crippen LogP contribution in [0.25, 0.3) is 0 Å². The van der Waals surface area contributed by atoms with Crippen LogP contribution in [0.3, 0.4) is 0 Å². The maximum Gasteiger partial charge on any atom is 0.231 e. The summed E-state index contributed by atoms with van der Waals surface area (Å²) in [4.78, 5) is 14.2. The number of rotatable bonds is 2. The quantitative estimate of drug-likeness (QED) is 0.823. The molecule has 2 aromatic rings. The summed E-state index contributed by atoms with van der Waals surface area (Å²) in [6, 6.07) is 14.9. The molecule has 0 unspecified atom stereocenters. The number of allylic oxidation sites excluding steroid dienone is 1. The molecule has 0 aliphatic carbocycles. The smallest absolute Gasteiger partial charge is 0.231 e. The van der Waals surface area contributed by atoms with Gasteiger partial charge in [0.05, 0.1) is 22.4 Å². The van der Waals surface area contributed by atoms with E-state index in [1.807, 2.05) is 0 Å². The largest absolute Gasteiger partial charge is 0.366 e. The van der Waals surface area contributed by atoms with Crippen LogP contribution >= 0.6 is 23.4 Å². The van der Waals surface area contributed by atoms with E-state index in [4.69, 9.17) is 11.6 Å². The van der Waals surface area contributed by atoms with Crippen LogP contribution in [0.2, 0.25) is 5.02 Å². The Balaban J connectivity index is 1.83. The van der Waals surface area contributed by atoms with Crippen LogP contribution in [-0.4, -0.2) is 21.7 Å². The van der Waals surface area contributed by atoms with E-state index < -0.39 is 17.5 Å². The summed E-state index contributed by atoms with van der Waals surface area (Å²) in [6.45, 7) is 0. The van der Waals surface area contributed by atoms with Crippen LogP contribution in [0.4, 0.5) is 4.39 Å². The van der Waals surface area contributed by atoms with Crippen LogP contribution in [0.5, 0.6) is 0 Å². The van der Waals surface area contributed by atoms with Gasteiger partial charge in [-0.1, -0.05) is 41.9 Å². The standard InChI is InChI=1S/C20H14ClFN2O2S/c21-13-7-5-12(6-8-13)20(26)11-27-19-16(10-23)15(9-18(25)24(19)20)14-3-1-2-4-17(14)22/h1-8,15,26H,9,11H2/t15-,20-/m1/s1. The van der Waals surface area contributed by atoms with Crippen molar-refractivity contribution in [2.75, 3.05) is 5.75 Å². The number of aliphatic hydroxyl groups is 1. The molecule has 2 aromatic carbocycles. The SMILES string of the molecule is N#CC1=C2SC[C@@](O)(c3ccc(Cl)cc3)N2C(=O)C[C@@H]1c1ccccc1F. The van der Waals surface area contributed by atoms with Gasteiger partial charge in [-0.25, -0.2) is 4.39 Å². The predicted octanol–water partition coefficient (Wildman–Crippen LogP) is 4.12. The summed E-state index contributed by atoms with van der Waals surface area (Å²) in [5.74, 6) is -1.27. The highest BCUT2D eigenvalue weighted by atomic mass is 35.5. The molecule has 1 fully saturated rings. The molecule has 1 saturated heterocycles. The number of nitriles is 1. The Morgan fingerprint density at radius 3 is 2.63 bits per heavy atom. The third-order valence-electron chi connectivity index (χ3n) is 4.90. The summed E-state index contributed by atoms with van der Waals surface area (Å²) in [6.07, 6.45) is -0.0796. The van der Waals surface area contributed by atoms with Crippen molar-refractivity contribution in [3.63, 3.8) is 0 Å². The number of hydrogen-bond donors (Lipinski definition) is 1. The van der Waals surface area contributed by atoms with Crippen molar-refractivity contribution in [1.82, 2.24) is 4.90 Å². The number of hydrogen-bond acceptors (Lipinski definition) is 4. The molecule has 0 radical (unpaired) electrons. The van der Waals surface area contributed by atoms with Gasteiger partial charge in [-0.2, -0.15) is 5.26 Å². The van der Waals surface area contributed by atoms with E-state index in [2.05, 4.69) is 6.07 Å². The van der Waals surface area contributed by atoms with Gasteiger partial charge < -0.3 is 5.11 Å². The predicted molar refractivity (Wildman–Crippen MR) is 101 cm³/mol. The number of fused-ring (bicyclic) bond motifs is 1. The van der Waals surface area contributed by atoms with Gasteiger partial charge in [-0.05, 0) is 23.8 Å². The fraction of sp³-hybridized carbons (Fsp3) is 0.200. The molecule has 4 rings (SSSR count). The molecular weight excluding hydrogens is 387 g/mol. The van der Waals surface area contributed by atoms with E-state index in [9.17, 15) is 19.6 Å². The van der Waals surface area contributed by atoms with E-state index in [1.165, 1.54) is 22.7 Å². The van der Waals surface area contributed by atoms with Crippen molar-refractivity contribution in [2.45, 2.75) is 18.1 Å². The lowest BCUT2D eigenvalue weighted by Crippen LogP contribution is -2.48. The van der Waals surface area contributed by atoms with E-state index in [1.54, 1.807) is 42.5 Å². The molecule has 1 amide bonds. The molecule has 7 heteroatoms. The number of carbonyl (C=O) groups is 1. The Labute approximate surface area is 164 Å². The zero-order valence-corrected chi connectivity index (χ0v) is 15.6. The van der Waals surface area contributed by atoms with Crippen LogP contribution in [0.1, 0.15) is 23.5 Å². The first-order valence-corrected chi connectivity index (χ1v) is 9.65. The van der Waals surface area contributed by atoms with Gasteiger partial charge in [0, 0.05) is 22.9 Å². The molecule has 0 saturated carbocycles. The van der Waals surface area contributed by atoms with Crippen LogP contribution in [-0.2, 0) is 10.5 Å². The van der Waals surface area contributed by atoms with Gasteiger partial charge in [0.2, 0.25) is 5.91 Å². The molecule has 0 bridgehead atoms. The highest BCUT2D eigenvalue weighted by Crippen LogP contribution is 2.51. The Hall–Kier alpha value is -2.33. The minimum atomic E-state index is -1.57. The normalized spacial score (nSPS) is 24.7. The Bertz CT molecular complexity index is 1000. The highest BCUT2D eigenvalue weighted by molar-refractivity contribution is 8.03. The molecule has 2 heterocycles. The highest BCUT2D eigenvalue weighted by Gasteiger charge is 2.52. The molecular formula is C20H14ClFN2O2S. The topological polar surface area (TPSA) is 64.3 Å². The summed E-state index contributed by atoms with van der Waals surface area (Å²) in [7, 11) is 0. The molecule has 2 aliphatic rings. The molecule has 136 valence electrons. The molecule has 2 atom stereocenters. The summed E-state index contributed by atoms with van der Waals surface area (Å²) in [5.41, 5.74) is -0.430. The Morgan fingerprint density at radius 1 is 1.26 bits per heavy atom. The second-order valence-corrected chi connectivity index (χ2v) is 7.85. The molecule has 27 heavy (non-hydrogen) atoms. The lowest BCUT2D eigenvalue weighted by atomic mass is 9.85. The summed E-state index contributed by atoms with van der Waals surface area (Å²) >= 11 is 7.15. The van der Waals surface area contributed by atoms with E-state index in [0.29, 0.717) is 26.8 Å². The van der Waals surface area contributed by atoms with Crippen molar-refractivity contribution in [3.05, 3.63) is 81.1 Å². The molecule has 0 spiro atoms. The number of benzene rings is 2. The first-order valence-electron chi connectivity index (χ1n) is 8.28. The number of thioether (sulfide) groups is 1. The molecule has 4 nitrogen and oxygen atoms in total. The Morgan fingerprint density at radius 2 is 1.96 bits per heavy atom. The number of nitrogens with zero attached hydrogens (tertiary/aromatic N) is 2. The second kappa shape index (κ2) is 6.68. The minimum absolute atomic E-state index is 0.0796. The van der Waals surface area contributed by atoms with Crippen LogP contribution < -0.4 is 0 Å². The average Bonchev–Trinajstić information content (AvgIpc) is 3.02. The first-order chi connectivity index (χ1) is 13.0. The van der Waals surface area contributed by atoms with Gasteiger partial charge in [-0.15, -0.1) is 11.8 Å². The third-order valence-corrected chi connectivity index (χ3v) is 6.37. The van der Waals surface area contributed by atoms with Crippen LogP contribution in [0.15, 0.2) is 59.1 Å². The second-order valence-electron chi connectivity index (χ2n) is 6.45. The lowest BCUT2D eigenvalue weighted by Gasteiger charge is -2.38. The van der Waals surface area contributed by atoms with E-state index in [0.717, 1.165) is 0 Å².